The van der Waals surface area contributed by atoms with Gasteiger partial charge in [-0.3, -0.25) is 4.79 Å². The third-order valence-electron chi connectivity index (χ3n) is 5.04. The van der Waals surface area contributed by atoms with Gasteiger partial charge in [0.05, 0.1) is 19.1 Å². The first-order valence-corrected chi connectivity index (χ1v) is 10.2. The Morgan fingerprint density at radius 2 is 2.15 bits per heavy atom. The third-order valence-corrected chi connectivity index (χ3v) is 5.76. The molecule has 1 aliphatic heterocycles. The Morgan fingerprint density at radius 1 is 1.37 bits per heavy atom. The Labute approximate surface area is 163 Å². The Bertz CT molecular complexity index is 918. The monoisotopic (exact) mass is 384 g/mol. The summed E-state index contributed by atoms with van der Waals surface area (Å²) in [5, 5.41) is 8.80. The van der Waals surface area contributed by atoms with Crippen molar-refractivity contribution in [3.05, 3.63) is 41.6 Å². The van der Waals surface area contributed by atoms with E-state index in [2.05, 4.69) is 37.1 Å². The molecule has 0 fully saturated rings. The minimum absolute atomic E-state index is 0.176. The lowest BCUT2D eigenvalue weighted by Gasteiger charge is -2.40. The number of methoxy groups -OCH3 is 1. The number of fused-ring (bicyclic) bond motifs is 2. The van der Waals surface area contributed by atoms with Crippen molar-refractivity contribution in [3.63, 3.8) is 0 Å². The topological polar surface area (TPSA) is 69.0 Å². The number of nitrogens with zero attached hydrogens (tertiary/aromatic N) is 3. The molecule has 1 aromatic carbocycles. The predicted molar refractivity (Wildman–Crippen MR) is 106 cm³/mol. The molecule has 0 unspecified atom stereocenters. The zero-order valence-electron chi connectivity index (χ0n) is 16.0. The lowest BCUT2D eigenvalue weighted by Crippen LogP contribution is -2.42. The number of hydrogen-bond donors (Lipinski definition) is 1. The number of carbonyl (C=O) groups excluding carboxylic acids is 1. The van der Waals surface area contributed by atoms with Gasteiger partial charge in [-0.1, -0.05) is 56.8 Å². The number of nitrogens with one attached hydrogen (secondary N) is 1. The van der Waals surface area contributed by atoms with Crippen molar-refractivity contribution in [3.8, 4) is 5.75 Å². The summed E-state index contributed by atoms with van der Waals surface area (Å²) in [6.45, 7) is 6.25. The second-order valence-electron chi connectivity index (χ2n) is 7.62. The zero-order valence-corrected chi connectivity index (χ0v) is 16.8. The molecule has 2 atom stereocenters. The minimum atomic E-state index is -0.317. The van der Waals surface area contributed by atoms with Crippen LogP contribution >= 0.6 is 11.8 Å². The van der Waals surface area contributed by atoms with Gasteiger partial charge >= 0.3 is 0 Å². The zero-order chi connectivity index (χ0) is 19.2. The second-order valence-corrected chi connectivity index (χ2v) is 8.85. The molecule has 0 saturated heterocycles. The van der Waals surface area contributed by atoms with E-state index >= 15 is 0 Å². The standard InChI is InChI=1S/C20H24N4O2S/c1-5-27-19-22-18-21-13-10-20(2,3)11-14(25)16(13)17(24(18)23-19)12-8-6-7-9-15(12)26-4/h6-10,16-17H,5,11H2,1-4H3,(H,21,22,23)/t16-,17-/m0/s1. The van der Waals surface area contributed by atoms with Crippen LogP contribution in [0.15, 0.2) is 41.2 Å². The fraction of sp³-hybridized carbons (Fsp3) is 0.450. The molecule has 0 spiro atoms. The van der Waals surface area contributed by atoms with E-state index in [0.29, 0.717) is 17.5 Å². The smallest absolute Gasteiger partial charge is 0.227 e. The number of hydrogen-bond acceptors (Lipinski definition) is 6. The number of allylic oxidation sites excluding steroid dienone is 2. The van der Waals surface area contributed by atoms with Crippen LogP contribution in [0.1, 0.15) is 38.8 Å². The molecule has 2 aromatic rings. The first-order chi connectivity index (χ1) is 12.9. The highest BCUT2D eigenvalue weighted by atomic mass is 32.2. The van der Waals surface area contributed by atoms with E-state index in [-0.39, 0.29) is 23.2 Å². The summed E-state index contributed by atoms with van der Waals surface area (Å²) in [4.78, 5) is 17.8. The Balaban J connectivity index is 1.92. The van der Waals surface area contributed by atoms with E-state index in [1.807, 2.05) is 28.9 Å². The first-order valence-electron chi connectivity index (χ1n) is 9.18. The van der Waals surface area contributed by atoms with E-state index < -0.39 is 0 Å². The summed E-state index contributed by atoms with van der Waals surface area (Å²) in [5.74, 6) is 2.22. The summed E-state index contributed by atoms with van der Waals surface area (Å²) < 4.78 is 7.46. The first kappa shape index (κ1) is 18.1. The van der Waals surface area contributed by atoms with E-state index in [9.17, 15) is 4.79 Å². The maximum Gasteiger partial charge on any atom is 0.227 e. The van der Waals surface area contributed by atoms with Gasteiger partial charge in [0.1, 0.15) is 11.5 Å². The van der Waals surface area contributed by atoms with Crippen LogP contribution in [-0.4, -0.2) is 33.4 Å². The van der Waals surface area contributed by atoms with Crippen molar-refractivity contribution < 1.29 is 9.53 Å². The number of anilines is 1. The minimum Gasteiger partial charge on any atom is -0.496 e. The number of carbonyl (C=O) groups is 1. The average Bonchev–Trinajstić information content (AvgIpc) is 3.01. The molecule has 1 aromatic heterocycles. The maximum absolute atomic E-state index is 13.2. The molecular formula is C20H24N4O2S. The van der Waals surface area contributed by atoms with Crippen LogP contribution in [0, 0.1) is 11.3 Å². The Kier molecular flexibility index (Phi) is 4.50. The molecule has 142 valence electrons. The molecule has 0 radical (unpaired) electrons. The number of thioether (sulfide) groups is 1. The van der Waals surface area contributed by atoms with Gasteiger partial charge in [-0.25, -0.2) is 4.68 Å². The highest BCUT2D eigenvalue weighted by Gasteiger charge is 2.45. The largest absolute Gasteiger partial charge is 0.496 e. The summed E-state index contributed by atoms with van der Waals surface area (Å²) in [7, 11) is 1.66. The highest BCUT2D eigenvalue weighted by Crippen LogP contribution is 2.47. The number of aromatic nitrogens is 3. The molecule has 2 aliphatic rings. The van der Waals surface area contributed by atoms with Gasteiger partial charge < -0.3 is 10.1 Å². The van der Waals surface area contributed by atoms with Crippen molar-refractivity contribution in [2.24, 2.45) is 11.3 Å². The summed E-state index contributed by atoms with van der Waals surface area (Å²) in [5.41, 5.74) is 1.69. The molecule has 0 bridgehead atoms. The molecule has 0 saturated carbocycles. The number of Topliss-reactive ketones (excluding diaryl/α,β-unsaturated/α-hetero) is 1. The normalized spacial score (nSPS) is 23.1. The fourth-order valence-corrected chi connectivity index (χ4v) is 4.57. The lowest BCUT2D eigenvalue weighted by atomic mass is 9.72. The molecule has 1 aliphatic carbocycles. The number of rotatable bonds is 4. The van der Waals surface area contributed by atoms with Gasteiger partial charge in [0, 0.05) is 17.7 Å². The highest BCUT2D eigenvalue weighted by molar-refractivity contribution is 7.99. The van der Waals surface area contributed by atoms with Gasteiger partial charge in [-0.2, -0.15) is 4.98 Å². The maximum atomic E-state index is 13.2. The van der Waals surface area contributed by atoms with Gasteiger partial charge in [0.25, 0.3) is 0 Å². The second kappa shape index (κ2) is 6.71. The van der Waals surface area contributed by atoms with Crippen molar-refractivity contribution in [1.29, 1.82) is 0 Å². The molecular weight excluding hydrogens is 360 g/mol. The molecule has 7 heteroatoms. The summed E-state index contributed by atoms with van der Waals surface area (Å²) in [6.07, 6.45) is 2.68. The number of benzene rings is 1. The van der Waals surface area contributed by atoms with Crippen LogP contribution < -0.4 is 10.1 Å². The van der Waals surface area contributed by atoms with Gasteiger partial charge in [0.15, 0.2) is 0 Å². The molecule has 2 heterocycles. The molecule has 4 rings (SSSR count). The SMILES string of the molecule is CCSc1nc2n(n1)[C@@H](c1ccccc1OC)[C@@H]1C(=O)CC(C)(C)C=C1N2. The van der Waals surface area contributed by atoms with Gasteiger partial charge in [-0.05, 0) is 17.2 Å². The number of ether oxygens (including phenoxy) is 1. The van der Waals surface area contributed by atoms with E-state index in [0.717, 1.165) is 22.8 Å². The average molecular weight is 385 g/mol. The van der Waals surface area contributed by atoms with Crippen LogP contribution in [0.25, 0.3) is 0 Å². The Morgan fingerprint density at radius 3 is 2.89 bits per heavy atom. The van der Waals surface area contributed by atoms with E-state index in [1.54, 1.807) is 18.9 Å². The molecule has 27 heavy (non-hydrogen) atoms. The van der Waals surface area contributed by atoms with Crippen molar-refractivity contribution in [1.82, 2.24) is 14.8 Å². The van der Waals surface area contributed by atoms with Crippen LogP contribution in [0.2, 0.25) is 0 Å². The summed E-state index contributed by atoms with van der Waals surface area (Å²) >= 11 is 1.59. The van der Waals surface area contributed by atoms with E-state index in [4.69, 9.17) is 9.84 Å². The fourth-order valence-electron chi connectivity index (χ4n) is 4.02. The molecule has 0 amide bonds. The van der Waals surface area contributed by atoms with Crippen molar-refractivity contribution in [2.45, 2.75) is 38.4 Å². The summed E-state index contributed by atoms with van der Waals surface area (Å²) in [6, 6.07) is 7.57. The van der Waals surface area contributed by atoms with Crippen LogP contribution in [0.3, 0.4) is 0 Å². The molecule has 6 nitrogen and oxygen atoms in total. The predicted octanol–water partition coefficient (Wildman–Crippen LogP) is 3.91. The quantitative estimate of drug-likeness (QED) is 0.806. The van der Waals surface area contributed by atoms with Crippen molar-refractivity contribution >= 4 is 23.5 Å². The van der Waals surface area contributed by atoms with Crippen LogP contribution in [0.4, 0.5) is 5.95 Å². The lowest BCUT2D eigenvalue weighted by molar-refractivity contribution is -0.125. The van der Waals surface area contributed by atoms with Crippen molar-refractivity contribution in [2.75, 3.05) is 18.2 Å². The number of para-hydroxylation sites is 1. The molecule has 1 N–H and O–H groups in total. The third kappa shape index (κ3) is 3.14. The van der Waals surface area contributed by atoms with Gasteiger partial charge in [0.2, 0.25) is 11.1 Å². The van der Waals surface area contributed by atoms with Crippen LogP contribution in [0.5, 0.6) is 5.75 Å². The van der Waals surface area contributed by atoms with Gasteiger partial charge in [-0.15, -0.1) is 5.10 Å². The Hall–Kier alpha value is -2.28. The van der Waals surface area contributed by atoms with E-state index in [1.165, 1.54) is 0 Å². The number of ketones is 1. The van der Waals surface area contributed by atoms with Crippen LogP contribution in [-0.2, 0) is 4.79 Å².